The van der Waals surface area contributed by atoms with Gasteiger partial charge in [-0.05, 0) is 66.9 Å². The number of nitrogens with one attached hydrogen (secondary N) is 2. The first kappa shape index (κ1) is 31.1. The molecule has 4 aromatic carbocycles. The van der Waals surface area contributed by atoms with E-state index in [0.29, 0.717) is 16.8 Å². The number of amides is 3. The number of aliphatic hydroxyl groups excluding tert-OH is 1. The second-order valence-corrected chi connectivity index (χ2v) is 11.2. The SMILES string of the molecule is CC(C)(C)OC(=O)NC(Cc1ccc(O)cc1)C(=O)N(CCO)C(C(=O)Nc1ccc2ccccc2c1)c1ccccc1. The number of carbonyl (C=O) groups is 3. The van der Waals surface area contributed by atoms with Crippen LogP contribution in [0.4, 0.5) is 10.5 Å². The molecule has 0 saturated heterocycles. The van der Waals surface area contributed by atoms with E-state index in [4.69, 9.17) is 4.74 Å². The molecule has 0 radical (unpaired) electrons. The summed E-state index contributed by atoms with van der Waals surface area (Å²) in [6.07, 6.45) is -0.751. The Bertz CT molecular complexity index is 1550. The number of anilines is 1. The number of phenols is 1. The van der Waals surface area contributed by atoms with Crippen LogP contribution >= 0.6 is 0 Å². The van der Waals surface area contributed by atoms with Gasteiger partial charge in [0.1, 0.15) is 23.4 Å². The summed E-state index contributed by atoms with van der Waals surface area (Å²) < 4.78 is 5.43. The average Bonchev–Trinajstić information content (AvgIpc) is 2.97. The molecule has 0 heterocycles. The molecule has 43 heavy (non-hydrogen) atoms. The molecule has 4 rings (SSSR count). The summed E-state index contributed by atoms with van der Waals surface area (Å²) in [6.45, 7) is 4.54. The maximum Gasteiger partial charge on any atom is 0.408 e. The zero-order chi connectivity index (χ0) is 31.0. The Morgan fingerprint density at radius 1 is 0.860 bits per heavy atom. The van der Waals surface area contributed by atoms with Crippen molar-refractivity contribution < 1.29 is 29.3 Å². The van der Waals surface area contributed by atoms with Crippen molar-refractivity contribution in [1.82, 2.24) is 10.2 Å². The molecule has 9 heteroatoms. The first-order valence-electron chi connectivity index (χ1n) is 14.1. The molecule has 0 aliphatic rings. The number of carbonyl (C=O) groups excluding carboxylic acids is 3. The molecule has 9 nitrogen and oxygen atoms in total. The van der Waals surface area contributed by atoms with Crippen LogP contribution in [-0.4, -0.2) is 57.8 Å². The third-order valence-corrected chi connectivity index (χ3v) is 6.68. The highest BCUT2D eigenvalue weighted by atomic mass is 16.6. The molecule has 2 unspecified atom stereocenters. The minimum atomic E-state index is -1.15. The summed E-state index contributed by atoms with van der Waals surface area (Å²) in [4.78, 5) is 42.4. The highest BCUT2D eigenvalue weighted by Gasteiger charge is 2.36. The van der Waals surface area contributed by atoms with Crippen molar-refractivity contribution in [2.24, 2.45) is 0 Å². The smallest absolute Gasteiger partial charge is 0.408 e. The summed E-state index contributed by atoms with van der Waals surface area (Å²) in [5, 5.41) is 27.3. The Morgan fingerprint density at radius 3 is 2.16 bits per heavy atom. The normalized spacial score (nSPS) is 12.7. The molecular weight excluding hydrogens is 546 g/mol. The van der Waals surface area contributed by atoms with Crippen LogP contribution in [0.15, 0.2) is 97.1 Å². The van der Waals surface area contributed by atoms with Crippen LogP contribution in [0.5, 0.6) is 5.75 Å². The maximum atomic E-state index is 14.3. The standard InChI is InChI=1S/C34H37N3O6/c1-34(2,3)43-33(42)36-29(21-23-13-17-28(39)18-14-23)32(41)37(19-20-38)30(25-10-5-4-6-11-25)31(40)35-27-16-15-24-9-7-8-12-26(24)22-27/h4-18,22,29-30,38-39H,19-21H2,1-3H3,(H,35,40)(H,36,42). The van der Waals surface area contributed by atoms with Crippen LogP contribution in [0.2, 0.25) is 0 Å². The van der Waals surface area contributed by atoms with Crippen LogP contribution < -0.4 is 10.6 Å². The second-order valence-electron chi connectivity index (χ2n) is 11.2. The fraction of sp³-hybridized carbons (Fsp3) is 0.265. The van der Waals surface area contributed by atoms with Gasteiger partial charge >= 0.3 is 6.09 Å². The van der Waals surface area contributed by atoms with Crippen molar-refractivity contribution in [3.63, 3.8) is 0 Å². The molecule has 0 fully saturated rings. The zero-order valence-corrected chi connectivity index (χ0v) is 24.5. The van der Waals surface area contributed by atoms with Crippen LogP contribution in [0.25, 0.3) is 10.8 Å². The van der Waals surface area contributed by atoms with Crippen molar-refractivity contribution in [2.75, 3.05) is 18.5 Å². The molecule has 0 aliphatic heterocycles. The molecule has 0 aliphatic carbocycles. The molecule has 3 amide bonds. The third kappa shape index (κ3) is 8.56. The van der Waals surface area contributed by atoms with Gasteiger partial charge in [-0.2, -0.15) is 0 Å². The van der Waals surface area contributed by atoms with E-state index in [1.807, 2.05) is 36.4 Å². The summed E-state index contributed by atoms with van der Waals surface area (Å²) in [7, 11) is 0. The van der Waals surface area contributed by atoms with Gasteiger partial charge in [0.2, 0.25) is 5.91 Å². The molecule has 0 saturated carbocycles. The number of rotatable bonds is 10. The van der Waals surface area contributed by atoms with Crippen molar-refractivity contribution in [1.29, 1.82) is 0 Å². The van der Waals surface area contributed by atoms with Crippen LogP contribution in [0, 0.1) is 0 Å². The molecule has 4 aromatic rings. The van der Waals surface area contributed by atoms with Crippen molar-refractivity contribution >= 4 is 34.4 Å². The van der Waals surface area contributed by atoms with Gasteiger partial charge < -0.3 is 30.5 Å². The summed E-state index contributed by atoms with van der Waals surface area (Å²) in [5.74, 6) is -1.01. The zero-order valence-electron chi connectivity index (χ0n) is 24.5. The minimum absolute atomic E-state index is 0.0497. The van der Waals surface area contributed by atoms with Gasteiger partial charge in [0.05, 0.1) is 6.61 Å². The molecule has 2 atom stereocenters. The van der Waals surface area contributed by atoms with Gasteiger partial charge in [-0.3, -0.25) is 9.59 Å². The lowest BCUT2D eigenvalue weighted by atomic mass is 10.00. The first-order chi connectivity index (χ1) is 20.5. The van der Waals surface area contributed by atoms with Gasteiger partial charge in [-0.25, -0.2) is 4.79 Å². The fourth-order valence-corrected chi connectivity index (χ4v) is 4.78. The first-order valence-corrected chi connectivity index (χ1v) is 14.1. The average molecular weight is 584 g/mol. The Hall–Kier alpha value is -4.89. The van der Waals surface area contributed by atoms with E-state index in [2.05, 4.69) is 10.6 Å². The van der Waals surface area contributed by atoms with Gasteiger partial charge in [-0.1, -0.05) is 72.8 Å². The lowest BCUT2D eigenvalue weighted by Gasteiger charge is -2.34. The van der Waals surface area contributed by atoms with Gasteiger partial charge in [0.15, 0.2) is 0 Å². The number of nitrogens with zero attached hydrogens (tertiary/aromatic N) is 1. The number of hydrogen-bond donors (Lipinski definition) is 4. The predicted molar refractivity (Wildman–Crippen MR) is 166 cm³/mol. The van der Waals surface area contributed by atoms with E-state index in [-0.39, 0.29) is 18.7 Å². The number of phenolic OH excluding ortho intramolecular Hbond substituents is 1. The van der Waals surface area contributed by atoms with E-state index in [9.17, 15) is 24.6 Å². The maximum absolute atomic E-state index is 14.3. The topological polar surface area (TPSA) is 128 Å². The number of aliphatic hydroxyl groups is 1. The van der Waals surface area contributed by atoms with Crippen LogP contribution in [-0.2, 0) is 20.7 Å². The third-order valence-electron chi connectivity index (χ3n) is 6.68. The van der Waals surface area contributed by atoms with E-state index in [1.54, 1.807) is 69.3 Å². The number of aromatic hydroxyl groups is 1. The van der Waals surface area contributed by atoms with Crippen molar-refractivity contribution in [3.8, 4) is 5.75 Å². The highest BCUT2D eigenvalue weighted by molar-refractivity contribution is 6.00. The molecule has 0 bridgehead atoms. The Kier molecular flexibility index (Phi) is 10.0. The minimum Gasteiger partial charge on any atom is -0.508 e. The van der Waals surface area contributed by atoms with E-state index in [0.717, 1.165) is 10.8 Å². The number of alkyl carbamates (subject to hydrolysis) is 1. The Balaban J connectivity index is 1.70. The van der Waals surface area contributed by atoms with Gasteiger partial charge in [-0.15, -0.1) is 0 Å². The van der Waals surface area contributed by atoms with Crippen molar-refractivity contribution in [3.05, 3.63) is 108 Å². The largest absolute Gasteiger partial charge is 0.508 e. The van der Waals surface area contributed by atoms with E-state index in [1.165, 1.54) is 17.0 Å². The molecule has 0 spiro atoms. The van der Waals surface area contributed by atoms with Gasteiger partial charge in [0, 0.05) is 18.7 Å². The summed E-state index contributed by atoms with van der Waals surface area (Å²) in [5.41, 5.74) is 0.928. The van der Waals surface area contributed by atoms with Crippen LogP contribution in [0.1, 0.15) is 37.9 Å². The number of benzene rings is 4. The predicted octanol–water partition coefficient (Wildman–Crippen LogP) is 5.18. The number of fused-ring (bicyclic) bond motifs is 1. The van der Waals surface area contributed by atoms with Crippen molar-refractivity contribution in [2.45, 2.75) is 44.9 Å². The fourth-order valence-electron chi connectivity index (χ4n) is 4.78. The lowest BCUT2D eigenvalue weighted by Crippen LogP contribution is -2.53. The summed E-state index contributed by atoms with van der Waals surface area (Å²) in [6, 6.07) is 26.1. The Morgan fingerprint density at radius 2 is 1.51 bits per heavy atom. The van der Waals surface area contributed by atoms with E-state index < -0.39 is 42.2 Å². The number of ether oxygens (including phenoxy) is 1. The molecule has 0 aromatic heterocycles. The Labute approximate surface area is 251 Å². The molecule has 4 N–H and O–H groups in total. The van der Waals surface area contributed by atoms with E-state index >= 15 is 0 Å². The molecular formula is C34H37N3O6. The quantitative estimate of drug-likeness (QED) is 0.204. The monoisotopic (exact) mass is 583 g/mol. The highest BCUT2D eigenvalue weighted by Crippen LogP contribution is 2.26. The summed E-state index contributed by atoms with van der Waals surface area (Å²) >= 11 is 0. The lowest BCUT2D eigenvalue weighted by molar-refractivity contribution is -0.141. The molecule has 224 valence electrons. The second kappa shape index (κ2) is 13.8. The number of hydrogen-bond acceptors (Lipinski definition) is 6. The van der Waals surface area contributed by atoms with Crippen LogP contribution in [0.3, 0.4) is 0 Å². The van der Waals surface area contributed by atoms with Gasteiger partial charge in [0.25, 0.3) is 5.91 Å².